The van der Waals surface area contributed by atoms with Gasteiger partial charge in [-0.15, -0.1) is 0 Å². The van der Waals surface area contributed by atoms with E-state index >= 15 is 0 Å². The molecule has 0 radical (unpaired) electrons. The van der Waals surface area contributed by atoms with Gasteiger partial charge in [0.05, 0.1) is 0 Å². The lowest BCUT2D eigenvalue weighted by Gasteiger charge is -2.09. The first-order valence-electron chi connectivity index (χ1n) is 7.60. The second kappa shape index (κ2) is 7.84. The predicted octanol–water partition coefficient (Wildman–Crippen LogP) is 3.72. The lowest BCUT2D eigenvalue weighted by molar-refractivity contribution is -0.112. The maximum Gasteiger partial charge on any atom is 0.267 e. The fraction of sp³-hybridized carbons (Fsp3) is 0.158. The Morgan fingerprint density at radius 3 is 2.67 bits per heavy atom. The van der Waals surface area contributed by atoms with Gasteiger partial charge in [0.25, 0.3) is 5.91 Å². The van der Waals surface area contributed by atoms with Gasteiger partial charge in [-0.05, 0) is 48.7 Å². The van der Waals surface area contributed by atoms with Crippen molar-refractivity contribution in [3.8, 4) is 11.8 Å². The summed E-state index contributed by atoms with van der Waals surface area (Å²) in [5.41, 5.74) is 3.19. The minimum absolute atomic E-state index is 0.0339. The number of nitrogens with zero attached hydrogens (tertiary/aromatic N) is 1. The first-order valence-corrected chi connectivity index (χ1v) is 7.60. The van der Waals surface area contributed by atoms with Crippen molar-refractivity contribution in [2.24, 2.45) is 0 Å². The van der Waals surface area contributed by atoms with Crippen LogP contribution in [0.4, 0.5) is 11.4 Å². The van der Waals surface area contributed by atoms with Crippen LogP contribution in [-0.4, -0.2) is 11.0 Å². The number of nitriles is 1. The molecule has 0 saturated carbocycles. The van der Waals surface area contributed by atoms with E-state index in [-0.39, 0.29) is 11.3 Å². The van der Waals surface area contributed by atoms with E-state index in [4.69, 9.17) is 0 Å². The van der Waals surface area contributed by atoms with E-state index in [0.29, 0.717) is 11.3 Å². The van der Waals surface area contributed by atoms with Crippen LogP contribution in [0.1, 0.15) is 18.1 Å². The zero-order valence-electron chi connectivity index (χ0n) is 13.6. The third-order valence-electron chi connectivity index (χ3n) is 3.59. The molecule has 0 bridgehead atoms. The molecule has 5 nitrogen and oxygen atoms in total. The summed E-state index contributed by atoms with van der Waals surface area (Å²) in [4.78, 5) is 12.3. The van der Waals surface area contributed by atoms with Gasteiger partial charge in [-0.3, -0.25) is 4.79 Å². The Hall–Kier alpha value is -3.26. The monoisotopic (exact) mass is 321 g/mol. The Balaban J connectivity index is 2.15. The third kappa shape index (κ3) is 4.14. The van der Waals surface area contributed by atoms with Gasteiger partial charge in [-0.25, -0.2) is 0 Å². The molecule has 0 atom stereocenters. The molecular formula is C19H19N3O2. The molecule has 0 heterocycles. The number of nitrogens with one attached hydrogen (secondary N) is 2. The van der Waals surface area contributed by atoms with Gasteiger partial charge in [0.15, 0.2) is 0 Å². The summed E-state index contributed by atoms with van der Waals surface area (Å²) in [6.45, 7) is 3.80. The van der Waals surface area contributed by atoms with Crippen LogP contribution in [0.2, 0.25) is 0 Å². The minimum Gasteiger partial charge on any atom is -0.508 e. The van der Waals surface area contributed by atoms with Gasteiger partial charge in [0, 0.05) is 17.6 Å². The molecule has 2 aromatic carbocycles. The zero-order valence-corrected chi connectivity index (χ0v) is 13.6. The van der Waals surface area contributed by atoms with Crippen molar-refractivity contribution in [2.75, 3.05) is 10.6 Å². The second-order valence-corrected chi connectivity index (χ2v) is 5.28. The molecule has 0 aliphatic rings. The number of aryl methyl sites for hydroxylation is 2. The van der Waals surface area contributed by atoms with Crippen LogP contribution < -0.4 is 10.6 Å². The summed E-state index contributed by atoms with van der Waals surface area (Å²) in [5, 5.41) is 24.3. The van der Waals surface area contributed by atoms with Crippen LogP contribution >= 0.6 is 0 Å². The van der Waals surface area contributed by atoms with Gasteiger partial charge >= 0.3 is 0 Å². The number of aromatic hydroxyl groups is 1. The lowest BCUT2D eigenvalue weighted by atomic mass is 10.1. The van der Waals surface area contributed by atoms with E-state index < -0.39 is 5.91 Å². The van der Waals surface area contributed by atoms with Gasteiger partial charge < -0.3 is 15.7 Å². The number of hydrogen-bond acceptors (Lipinski definition) is 4. The van der Waals surface area contributed by atoms with E-state index in [1.54, 1.807) is 19.1 Å². The SMILES string of the molecule is CCc1ccccc1N/C=C(/C#N)C(=O)Nc1ccc(O)cc1C. The highest BCUT2D eigenvalue weighted by molar-refractivity contribution is 6.07. The highest BCUT2D eigenvalue weighted by Gasteiger charge is 2.11. The third-order valence-corrected chi connectivity index (χ3v) is 3.59. The number of carbonyl (C=O) groups excluding carboxylic acids is 1. The molecule has 5 heteroatoms. The Morgan fingerprint density at radius 2 is 2.00 bits per heavy atom. The summed E-state index contributed by atoms with van der Waals surface area (Å²) < 4.78 is 0. The van der Waals surface area contributed by atoms with Crippen LogP contribution in [0.5, 0.6) is 5.75 Å². The number of phenols is 1. The van der Waals surface area contributed by atoms with Crippen molar-refractivity contribution in [2.45, 2.75) is 20.3 Å². The number of rotatable bonds is 5. The van der Waals surface area contributed by atoms with Gasteiger partial charge in [-0.2, -0.15) is 5.26 Å². The molecule has 3 N–H and O–H groups in total. The molecule has 0 aliphatic heterocycles. The summed E-state index contributed by atoms with van der Waals surface area (Å²) in [6.07, 6.45) is 2.25. The molecule has 0 aromatic heterocycles. The Kier molecular flexibility index (Phi) is 5.58. The van der Waals surface area contributed by atoms with E-state index in [1.165, 1.54) is 12.3 Å². The molecule has 0 saturated heterocycles. The standard InChI is InChI=1S/C19H19N3O2/c1-3-14-6-4-5-7-18(14)21-12-15(11-20)19(24)22-17-9-8-16(23)10-13(17)2/h4-10,12,21,23H,3H2,1-2H3,(H,22,24)/b15-12-. The van der Waals surface area contributed by atoms with Crippen molar-refractivity contribution < 1.29 is 9.90 Å². The number of hydrogen-bond donors (Lipinski definition) is 3. The predicted molar refractivity (Wildman–Crippen MR) is 94.6 cm³/mol. The Labute approximate surface area is 141 Å². The quantitative estimate of drug-likeness (QED) is 0.445. The summed E-state index contributed by atoms with van der Waals surface area (Å²) in [7, 11) is 0. The van der Waals surface area contributed by atoms with Gasteiger partial charge in [-0.1, -0.05) is 25.1 Å². The number of anilines is 2. The van der Waals surface area contributed by atoms with Gasteiger partial charge in [0.2, 0.25) is 0 Å². The topological polar surface area (TPSA) is 85.2 Å². The van der Waals surface area contributed by atoms with Crippen molar-refractivity contribution in [3.63, 3.8) is 0 Å². The Bertz CT molecular complexity index is 820. The van der Waals surface area contributed by atoms with Crippen LogP contribution in [0.15, 0.2) is 54.2 Å². The fourth-order valence-corrected chi connectivity index (χ4v) is 2.25. The number of phenolic OH excluding ortho intramolecular Hbond substituents is 1. The van der Waals surface area contributed by atoms with E-state index in [2.05, 4.69) is 10.6 Å². The van der Waals surface area contributed by atoms with Crippen molar-refractivity contribution >= 4 is 17.3 Å². The molecule has 0 aliphatic carbocycles. The largest absolute Gasteiger partial charge is 0.508 e. The van der Waals surface area contributed by atoms with Gasteiger partial charge in [0.1, 0.15) is 17.4 Å². The average Bonchev–Trinajstić information content (AvgIpc) is 2.58. The highest BCUT2D eigenvalue weighted by Crippen LogP contribution is 2.21. The molecule has 0 spiro atoms. The van der Waals surface area contributed by atoms with Crippen molar-refractivity contribution in [1.82, 2.24) is 0 Å². The molecule has 2 aromatic rings. The van der Waals surface area contributed by atoms with Crippen LogP contribution in [-0.2, 0) is 11.2 Å². The first kappa shape index (κ1) is 17.1. The molecule has 2 rings (SSSR count). The van der Waals surface area contributed by atoms with E-state index in [0.717, 1.165) is 17.7 Å². The van der Waals surface area contributed by atoms with Crippen LogP contribution in [0.3, 0.4) is 0 Å². The average molecular weight is 321 g/mol. The number of amides is 1. The summed E-state index contributed by atoms with van der Waals surface area (Å²) in [5.74, 6) is -0.382. The normalized spacial score (nSPS) is 10.8. The second-order valence-electron chi connectivity index (χ2n) is 5.28. The molecule has 0 fully saturated rings. The highest BCUT2D eigenvalue weighted by atomic mass is 16.3. The maximum atomic E-state index is 12.3. The number of carbonyl (C=O) groups is 1. The molecule has 1 amide bonds. The molecular weight excluding hydrogens is 302 g/mol. The maximum absolute atomic E-state index is 12.3. The van der Waals surface area contributed by atoms with Crippen molar-refractivity contribution in [3.05, 3.63) is 65.4 Å². The molecule has 122 valence electrons. The number of benzene rings is 2. The minimum atomic E-state index is -0.507. The van der Waals surface area contributed by atoms with Crippen LogP contribution in [0, 0.1) is 18.3 Å². The summed E-state index contributed by atoms with van der Waals surface area (Å²) in [6, 6.07) is 14.2. The molecule has 24 heavy (non-hydrogen) atoms. The van der Waals surface area contributed by atoms with Crippen molar-refractivity contribution in [1.29, 1.82) is 5.26 Å². The van der Waals surface area contributed by atoms with E-state index in [1.807, 2.05) is 37.3 Å². The molecule has 0 unspecified atom stereocenters. The fourth-order valence-electron chi connectivity index (χ4n) is 2.25. The summed E-state index contributed by atoms with van der Waals surface area (Å²) >= 11 is 0. The van der Waals surface area contributed by atoms with E-state index in [9.17, 15) is 15.2 Å². The Morgan fingerprint density at radius 1 is 1.25 bits per heavy atom. The number of para-hydroxylation sites is 1. The zero-order chi connectivity index (χ0) is 17.5. The van der Waals surface area contributed by atoms with Crippen LogP contribution in [0.25, 0.3) is 0 Å². The lowest BCUT2D eigenvalue weighted by Crippen LogP contribution is -2.15. The smallest absolute Gasteiger partial charge is 0.267 e. The first-order chi connectivity index (χ1) is 11.5.